The van der Waals surface area contributed by atoms with E-state index in [1.54, 1.807) is 0 Å². The van der Waals surface area contributed by atoms with Crippen LogP contribution in [0.25, 0.3) is 0 Å². The molecule has 0 saturated heterocycles. The Balaban J connectivity index is 0.000000292. The Bertz CT molecular complexity index is 328. The molecule has 1 rings (SSSR count). The normalized spacial score (nSPS) is 9.93. The summed E-state index contributed by atoms with van der Waals surface area (Å²) in [4.78, 5) is 0. The van der Waals surface area contributed by atoms with Crippen LogP contribution in [-0.4, -0.2) is 29.4 Å². The fourth-order valence-electron chi connectivity index (χ4n) is 0.647. The summed E-state index contributed by atoms with van der Waals surface area (Å²) in [5.74, 6) is 0. The zero-order valence-electron chi connectivity index (χ0n) is 7.16. The zero-order valence-corrected chi connectivity index (χ0v) is 7.98. The summed E-state index contributed by atoms with van der Waals surface area (Å²) in [6.45, 7) is -0.00991. The molecule has 0 amide bonds. The second-order valence-electron chi connectivity index (χ2n) is 2.15. The Kier molecular flexibility index (Phi) is 5.81. The third kappa shape index (κ3) is 10.8. The molecule has 7 heteroatoms. The fraction of sp³-hybridized carbons (Fsp3) is 0.143. The van der Waals surface area contributed by atoms with E-state index in [0.29, 0.717) is 0 Å². The van der Waals surface area contributed by atoms with E-state index >= 15 is 0 Å². The zero-order chi connectivity index (χ0) is 11.0. The van der Waals surface area contributed by atoms with Crippen LogP contribution in [0.2, 0.25) is 0 Å². The highest BCUT2D eigenvalue weighted by Crippen LogP contribution is 2.02. The van der Waals surface area contributed by atoms with Crippen LogP contribution in [0.5, 0.6) is 0 Å². The molecule has 0 aromatic heterocycles. The van der Waals surface area contributed by atoms with Crippen LogP contribution < -0.4 is 5.32 Å². The maximum atomic E-state index is 8.74. The molecule has 0 aliphatic rings. The molecule has 0 saturated carbocycles. The Hall–Kier alpha value is -1.15. The van der Waals surface area contributed by atoms with Crippen molar-refractivity contribution in [3.8, 4) is 0 Å². The molecule has 0 atom stereocenters. The lowest BCUT2D eigenvalue weighted by Crippen LogP contribution is -1.97. The number of para-hydroxylation sites is 1. The second-order valence-corrected chi connectivity index (χ2v) is 3.04. The van der Waals surface area contributed by atoms with Gasteiger partial charge in [-0.1, -0.05) is 18.2 Å². The van der Waals surface area contributed by atoms with Gasteiger partial charge in [-0.2, -0.15) is 8.42 Å². The second kappa shape index (κ2) is 6.33. The van der Waals surface area contributed by atoms with Gasteiger partial charge in [0.25, 0.3) is 0 Å². The lowest BCUT2D eigenvalue weighted by Gasteiger charge is -1.98. The summed E-state index contributed by atoms with van der Waals surface area (Å²) in [5, 5.41) is 11.2. The third-order valence-electron chi connectivity index (χ3n) is 1.06. The van der Waals surface area contributed by atoms with Gasteiger partial charge < -0.3 is 10.4 Å². The first-order chi connectivity index (χ1) is 6.43. The van der Waals surface area contributed by atoms with Crippen molar-refractivity contribution in [2.24, 2.45) is 0 Å². The fourth-order valence-corrected chi connectivity index (χ4v) is 0.647. The number of nitrogens with one attached hydrogen (secondary N) is 1. The van der Waals surface area contributed by atoms with Crippen molar-refractivity contribution in [3.05, 3.63) is 30.3 Å². The maximum Gasteiger partial charge on any atom is 0.394 e. The summed E-state index contributed by atoms with van der Waals surface area (Å²) in [7, 11) is -4.67. The number of hydrogen-bond donors (Lipinski definition) is 4. The molecular formula is C7H11NO5S. The summed E-state index contributed by atoms with van der Waals surface area (Å²) in [6, 6.07) is 9.56. The minimum atomic E-state index is -4.67. The van der Waals surface area contributed by atoms with E-state index < -0.39 is 10.4 Å². The molecule has 4 N–H and O–H groups in total. The van der Waals surface area contributed by atoms with E-state index in [2.05, 4.69) is 5.32 Å². The third-order valence-corrected chi connectivity index (χ3v) is 1.06. The minimum Gasteiger partial charge on any atom is -0.377 e. The van der Waals surface area contributed by atoms with Crippen LogP contribution in [0.4, 0.5) is 5.69 Å². The summed E-state index contributed by atoms with van der Waals surface area (Å²) < 4.78 is 31.6. The molecule has 80 valence electrons. The van der Waals surface area contributed by atoms with Crippen molar-refractivity contribution < 1.29 is 22.6 Å². The number of hydrogen-bond acceptors (Lipinski definition) is 4. The van der Waals surface area contributed by atoms with Crippen molar-refractivity contribution in [1.82, 2.24) is 0 Å². The number of aliphatic hydroxyl groups excluding tert-OH is 1. The summed E-state index contributed by atoms with van der Waals surface area (Å²) in [6.07, 6.45) is 0. The molecule has 1 aromatic carbocycles. The Morgan fingerprint density at radius 2 is 1.57 bits per heavy atom. The first kappa shape index (κ1) is 12.8. The van der Waals surface area contributed by atoms with Crippen molar-refractivity contribution >= 4 is 16.1 Å². The van der Waals surface area contributed by atoms with Crippen LogP contribution in [0.3, 0.4) is 0 Å². The van der Waals surface area contributed by atoms with Crippen molar-refractivity contribution in [2.75, 3.05) is 12.0 Å². The van der Waals surface area contributed by atoms with Gasteiger partial charge in [0.2, 0.25) is 0 Å². The standard InChI is InChI=1S/C7H9NO.H2O4S/c9-6-8-7-4-2-1-3-5-7;1-5(2,3)4/h1-5,8-9H,6H2;(H2,1,2,3,4). The molecule has 14 heavy (non-hydrogen) atoms. The van der Waals surface area contributed by atoms with Gasteiger partial charge in [-0.05, 0) is 12.1 Å². The van der Waals surface area contributed by atoms with Crippen molar-refractivity contribution in [1.29, 1.82) is 0 Å². The van der Waals surface area contributed by atoms with E-state index in [1.807, 2.05) is 30.3 Å². The van der Waals surface area contributed by atoms with E-state index in [1.165, 1.54) is 0 Å². The van der Waals surface area contributed by atoms with Gasteiger partial charge in [0.1, 0.15) is 6.73 Å². The van der Waals surface area contributed by atoms with Gasteiger partial charge in [-0.3, -0.25) is 9.11 Å². The molecule has 6 nitrogen and oxygen atoms in total. The molecule has 0 unspecified atom stereocenters. The number of aliphatic hydroxyl groups is 1. The molecular weight excluding hydrogens is 210 g/mol. The predicted molar refractivity (Wildman–Crippen MR) is 51.3 cm³/mol. The van der Waals surface area contributed by atoms with E-state index in [9.17, 15) is 0 Å². The van der Waals surface area contributed by atoms with Crippen LogP contribution in [-0.2, 0) is 10.4 Å². The number of benzene rings is 1. The Morgan fingerprint density at radius 3 is 1.93 bits per heavy atom. The smallest absolute Gasteiger partial charge is 0.377 e. The molecule has 0 fully saturated rings. The monoisotopic (exact) mass is 221 g/mol. The molecule has 0 bridgehead atoms. The summed E-state index contributed by atoms with van der Waals surface area (Å²) in [5.41, 5.74) is 0.944. The molecule has 0 heterocycles. The minimum absolute atomic E-state index is 0.00991. The summed E-state index contributed by atoms with van der Waals surface area (Å²) >= 11 is 0. The van der Waals surface area contributed by atoms with Gasteiger partial charge in [0, 0.05) is 5.69 Å². The first-order valence-corrected chi connectivity index (χ1v) is 4.93. The maximum absolute atomic E-state index is 8.74. The van der Waals surface area contributed by atoms with Gasteiger partial charge in [-0.25, -0.2) is 0 Å². The average Bonchev–Trinajstić information content (AvgIpc) is 2.03. The Labute approximate surface area is 81.8 Å². The topological polar surface area (TPSA) is 107 Å². The molecule has 1 aromatic rings. The van der Waals surface area contributed by atoms with Crippen molar-refractivity contribution in [2.45, 2.75) is 0 Å². The number of anilines is 1. The molecule has 0 radical (unpaired) electrons. The molecule has 0 aliphatic heterocycles. The average molecular weight is 221 g/mol. The van der Waals surface area contributed by atoms with Crippen LogP contribution >= 0.6 is 0 Å². The van der Waals surface area contributed by atoms with Gasteiger partial charge in [0.15, 0.2) is 0 Å². The van der Waals surface area contributed by atoms with Gasteiger partial charge in [-0.15, -0.1) is 0 Å². The van der Waals surface area contributed by atoms with Crippen molar-refractivity contribution in [3.63, 3.8) is 0 Å². The quantitative estimate of drug-likeness (QED) is 0.425. The van der Waals surface area contributed by atoms with Gasteiger partial charge in [0.05, 0.1) is 0 Å². The van der Waals surface area contributed by atoms with E-state index in [4.69, 9.17) is 22.6 Å². The van der Waals surface area contributed by atoms with E-state index in [0.717, 1.165) is 5.69 Å². The highest BCUT2D eigenvalue weighted by atomic mass is 32.3. The number of rotatable bonds is 2. The van der Waals surface area contributed by atoms with Crippen LogP contribution in [0.15, 0.2) is 30.3 Å². The Morgan fingerprint density at radius 1 is 1.14 bits per heavy atom. The van der Waals surface area contributed by atoms with Crippen LogP contribution in [0.1, 0.15) is 0 Å². The SMILES string of the molecule is O=S(=O)(O)O.OCNc1ccccc1. The highest BCUT2D eigenvalue weighted by molar-refractivity contribution is 7.79. The first-order valence-electron chi connectivity index (χ1n) is 3.53. The van der Waals surface area contributed by atoms with E-state index in [-0.39, 0.29) is 6.73 Å². The molecule has 0 spiro atoms. The lowest BCUT2D eigenvalue weighted by molar-refractivity contribution is 0.325. The predicted octanol–water partition coefficient (Wildman–Crippen LogP) is 0.395. The lowest BCUT2D eigenvalue weighted by atomic mass is 10.3. The largest absolute Gasteiger partial charge is 0.394 e. The van der Waals surface area contributed by atoms with Crippen LogP contribution in [0, 0.1) is 0 Å². The molecule has 0 aliphatic carbocycles. The highest BCUT2D eigenvalue weighted by Gasteiger charge is 1.84. The van der Waals surface area contributed by atoms with Gasteiger partial charge >= 0.3 is 10.4 Å².